The van der Waals surface area contributed by atoms with E-state index in [9.17, 15) is 0 Å². The highest BCUT2D eigenvalue weighted by Crippen LogP contribution is 2.39. The number of benzene rings is 5. The van der Waals surface area contributed by atoms with E-state index in [2.05, 4.69) is 58.3 Å². The molecule has 0 saturated heterocycles. The lowest BCUT2D eigenvalue weighted by molar-refractivity contribution is 0.461. The van der Waals surface area contributed by atoms with Crippen molar-refractivity contribution in [3.63, 3.8) is 0 Å². The molecule has 5 aromatic heterocycles. The number of nitrogens with zero attached hydrogens (tertiary/aromatic N) is 7. The second-order valence-corrected chi connectivity index (χ2v) is 12.2. The molecule has 0 spiro atoms. The van der Waals surface area contributed by atoms with E-state index < -0.39 is 0 Å². The van der Waals surface area contributed by atoms with Gasteiger partial charge in [-0.1, -0.05) is 48.5 Å². The molecule has 0 fully saturated rings. The Balaban J connectivity index is 1.07. The van der Waals surface area contributed by atoms with E-state index >= 15 is 0 Å². The molecule has 0 atom stereocenters. The number of rotatable bonds is 7. The van der Waals surface area contributed by atoms with Crippen LogP contribution in [-0.2, 0) is 0 Å². The van der Waals surface area contributed by atoms with Crippen molar-refractivity contribution >= 4 is 43.6 Å². The molecule has 0 unspecified atom stereocenters. The molecule has 10 aromatic rings. The lowest BCUT2D eigenvalue weighted by atomic mass is 10.1. The highest BCUT2D eigenvalue weighted by Gasteiger charge is 2.17. The van der Waals surface area contributed by atoms with Crippen LogP contribution in [-0.4, -0.2) is 34.1 Å². The normalized spacial score (nSPS) is 12.0. The topological polar surface area (TPSA) is 92.8 Å². The minimum absolute atomic E-state index is 0.188. The van der Waals surface area contributed by atoms with E-state index in [1.807, 2.05) is 103 Å². The largest absolute Gasteiger partial charge is 0.457 e. The van der Waals surface area contributed by atoms with Gasteiger partial charge < -0.3 is 9.47 Å². The number of hydrogen-bond donors (Lipinski definition) is 0. The number of para-hydroxylation sites is 2. The Hall–Kier alpha value is -7.39. The summed E-state index contributed by atoms with van der Waals surface area (Å²) >= 11 is 0. The third kappa shape index (κ3) is 5.07. The molecule has 0 saturated carbocycles. The SMILES string of the molecule is [2H]c1cccc(-n2c3ccccc3c3ccc(Oc4cc(Oc5ccc6c7ccccc7n(-c7cccc([2H])n7)c6c5)cc(-c5ncncn5)c4)cc32)n1. The van der Waals surface area contributed by atoms with E-state index in [1.54, 1.807) is 12.1 Å². The molecule has 0 amide bonds. The van der Waals surface area contributed by atoms with Crippen molar-refractivity contribution in [1.82, 2.24) is 34.1 Å². The zero-order chi connectivity index (χ0) is 36.2. The molecule has 52 heavy (non-hydrogen) atoms. The van der Waals surface area contributed by atoms with Crippen molar-refractivity contribution in [2.24, 2.45) is 0 Å². The Labute approximate surface area is 299 Å². The van der Waals surface area contributed by atoms with Gasteiger partial charge in [-0.25, -0.2) is 24.9 Å². The number of ether oxygens (including phenoxy) is 2. The second kappa shape index (κ2) is 12.2. The van der Waals surface area contributed by atoms with Crippen LogP contribution in [0.2, 0.25) is 0 Å². The predicted molar refractivity (Wildman–Crippen MR) is 203 cm³/mol. The van der Waals surface area contributed by atoms with Crippen LogP contribution in [0.4, 0.5) is 0 Å². The van der Waals surface area contributed by atoms with Crippen LogP contribution in [0.15, 0.2) is 165 Å². The Morgan fingerprint density at radius 3 is 1.42 bits per heavy atom. The van der Waals surface area contributed by atoms with E-state index in [0.29, 0.717) is 46.0 Å². The van der Waals surface area contributed by atoms with Crippen molar-refractivity contribution in [3.8, 4) is 46.0 Å². The summed E-state index contributed by atoms with van der Waals surface area (Å²) in [5, 5.41) is 4.22. The third-order valence-corrected chi connectivity index (χ3v) is 9.04. The van der Waals surface area contributed by atoms with Crippen LogP contribution >= 0.6 is 0 Å². The van der Waals surface area contributed by atoms with Gasteiger partial charge in [0.05, 0.1) is 24.8 Å². The molecule has 5 heterocycles. The summed E-state index contributed by atoms with van der Waals surface area (Å²) in [6, 6.07) is 44.6. The summed E-state index contributed by atoms with van der Waals surface area (Å²) in [7, 11) is 0. The number of fused-ring (bicyclic) bond motifs is 6. The van der Waals surface area contributed by atoms with Crippen LogP contribution in [0, 0.1) is 0 Å². The number of aromatic nitrogens is 7. The van der Waals surface area contributed by atoms with Crippen LogP contribution in [0.25, 0.3) is 66.6 Å². The molecule has 0 aliphatic carbocycles. The van der Waals surface area contributed by atoms with E-state index in [0.717, 1.165) is 43.6 Å². The Bertz CT molecular complexity index is 2870. The van der Waals surface area contributed by atoms with E-state index in [-0.39, 0.29) is 12.3 Å². The summed E-state index contributed by atoms with van der Waals surface area (Å²) in [6.45, 7) is 0. The molecule has 0 aliphatic heterocycles. The highest BCUT2D eigenvalue weighted by atomic mass is 16.5. The molecular formula is C43H27N7O2. The Kier molecular flexibility index (Phi) is 6.43. The lowest BCUT2D eigenvalue weighted by Crippen LogP contribution is -1.97. The smallest absolute Gasteiger partial charge is 0.162 e. The average molecular weight is 676 g/mol. The molecule has 0 bridgehead atoms. The molecule has 246 valence electrons. The molecule has 0 N–H and O–H groups in total. The molecule has 5 aromatic carbocycles. The molecule has 0 radical (unpaired) electrons. The summed E-state index contributed by atoms with van der Waals surface area (Å²) in [6.07, 6.45) is 3.28. The van der Waals surface area contributed by atoms with Crippen molar-refractivity contribution in [2.45, 2.75) is 0 Å². The first-order valence-electron chi connectivity index (χ1n) is 17.6. The zero-order valence-electron chi connectivity index (χ0n) is 29.4. The molecule has 9 heteroatoms. The van der Waals surface area contributed by atoms with E-state index in [4.69, 9.17) is 12.2 Å². The van der Waals surface area contributed by atoms with Gasteiger partial charge in [0.2, 0.25) is 0 Å². The van der Waals surface area contributed by atoms with E-state index in [1.165, 1.54) is 12.7 Å². The van der Waals surface area contributed by atoms with Crippen molar-refractivity contribution in [2.75, 3.05) is 0 Å². The van der Waals surface area contributed by atoms with Gasteiger partial charge in [0.25, 0.3) is 0 Å². The fraction of sp³-hybridized carbons (Fsp3) is 0. The maximum Gasteiger partial charge on any atom is 0.162 e. The summed E-state index contributed by atoms with van der Waals surface area (Å²) < 4.78 is 33.6. The predicted octanol–water partition coefficient (Wildman–Crippen LogP) is 10.1. The molecule has 0 aliphatic rings. The van der Waals surface area contributed by atoms with Gasteiger partial charge in [-0.15, -0.1) is 0 Å². The second-order valence-electron chi connectivity index (χ2n) is 12.2. The van der Waals surface area contributed by atoms with Crippen LogP contribution in [0.1, 0.15) is 2.74 Å². The Morgan fingerprint density at radius 1 is 0.423 bits per heavy atom. The van der Waals surface area contributed by atoms with Gasteiger partial charge in [-0.3, -0.25) is 9.13 Å². The van der Waals surface area contributed by atoms with Gasteiger partial charge in [0, 0.05) is 57.7 Å². The van der Waals surface area contributed by atoms with Crippen LogP contribution in [0.5, 0.6) is 23.0 Å². The van der Waals surface area contributed by atoms with Crippen molar-refractivity contribution < 1.29 is 12.2 Å². The summed E-state index contributed by atoms with van der Waals surface area (Å²) in [4.78, 5) is 21.8. The molecule has 10 rings (SSSR count). The van der Waals surface area contributed by atoms with Crippen molar-refractivity contribution in [3.05, 3.63) is 165 Å². The number of hydrogen-bond acceptors (Lipinski definition) is 7. The van der Waals surface area contributed by atoms with Gasteiger partial charge in [-0.05, 0) is 72.8 Å². The maximum absolute atomic E-state index is 8.17. The van der Waals surface area contributed by atoms with Crippen molar-refractivity contribution in [1.29, 1.82) is 0 Å². The first kappa shape index (κ1) is 27.4. The minimum atomic E-state index is 0.188. The van der Waals surface area contributed by atoms with Gasteiger partial charge in [0.1, 0.15) is 47.3 Å². The monoisotopic (exact) mass is 675 g/mol. The maximum atomic E-state index is 8.17. The van der Waals surface area contributed by atoms with Gasteiger partial charge >= 0.3 is 0 Å². The fourth-order valence-electron chi connectivity index (χ4n) is 6.89. The van der Waals surface area contributed by atoms with Crippen LogP contribution < -0.4 is 9.47 Å². The zero-order valence-corrected chi connectivity index (χ0v) is 27.4. The summed E-state index contributed by atoms with van der Waals surface area (Å²) in [5.74, 6) is 4.00. The van der Waals surface area contributed by atoms with Gasteiger partial charge in [0.15, 0.2) is 5.82 Å². The average Bonchev–Trinajstić information content (AvgIpc) is 3.70. The standard InChI is InChI=1S/C43H27N7O2/c1-3-11-37-33(9-1)35-17-15-29(24-39(35)49(37)41-13-5-7-19-45-41)51-31-21-28(43-47-26-44-27-48-43)22-32(23-31)52-30-16-18-36-34-10-2-4-12-38(34)50(40(36)25-30)42-14-6-8-20-46-42/h1-27H/i19D,20D. The lowest BCUT2D eigenvalue weighted by Gasteiger charge is -2.13. The minimum Gasteiger partial charge on any atom is -0.457 e. The quantitative estimate of drug-likeness (QED) is 0.166. The summed E-state index contributed by atoms with van der Waals surface area (Å²) in [5.41, 5.74) is 4.43. The fourth-order valence-corrected chi connectivity index (χ4v) is 6.89. The third-order valence-electron chi connectivity index (χ3n) is 9.04. The first-order valence-corrected chi connectivity index (χ1v) is 16.6. The molecular weight excluding hydrogens is 647 g/mol. The van der Waals surface area contributed by atoms with Gasteiger partial charge in [-0.2, -0.15) is 0 Å². The Morgan fingerprint density at radius 2 is 0.904 bits per heavy atom. The highest BCUT2D eigenvalue weighted by molar-refractivity contribution is 6.10. The first-order chi connectivity index (χ1) is 26.6. The molecule has 9 nitrogen and oxygen atoms in total. The van der Waals surface area contributed by atoms with Crippen LogP contribution in [0.3, 0.4) is 0 Å². The number of pyridine rings is 2.